The van der Waals surface area contributed by atoms with Crippen LogP contribution in [0.2, 0.25) is 10.0 Å². The number of halogens is 5. The van der Waals surface area contributed by atoms with Crippen LogP contribution in [0.25, 0.3) is 22.3 Å². The van der Waals surface area contributed by atoms with Crippen molar-refractivity contribution < 1.29 is 126 Å². The minimum absolute atomic E-state index is 0.119. The van der Waals surface area contributed by atoms with Gasteiger partial charge in [-0.2, -0.15) is 18.3 Å². The van der Waals surface area contributed by atoms with E-state index in [4.69, 9.17) is 63.1 Å². The minimum Gasteiger partial charge on any atom is -0.508 e. The summed E-state index contributed by atoms with van der Waals surface area (Å²) in [7, 11) is 1.46. The zero-order valence-corrected chi connectivity index (χ0v) is 65.2. The van der Waals surface area contributed by atoms with E-state index in [0.717, 1.165) is 85.1 Å². The van der Waals surface area contributed by atoms with Crippen LogP contribution in [0.1, 0.15) is 116 Å². The molecule has 8 amide bonds. The van der Waals surface area contributed by atoms with Crippen molar-refractivity contribution in [2.75, 3.05) is 13.7 Å². The lowest BCUT2D eigenvalue weighted by molar-refractivity contribution is -0.333. The average Bonchev–Trinajstić information content (AvgIpc) is 0.765. The number of carbonyl (C=O) groups excluding carboxylic acids is 8. The Hall–Kier alpha value is -11.3. The molecule has 7 aromatic carbocycles. The number of phenols is 3. The number of nitrogens with two attached hydrogens (primary N) is 2. The molecule has 0 saturated carbocycles. The number of aliphatic hydroxyl groups excluding tert-OH is 6. The molecule has 0 aliphatic carbocycles. The molecule has 0 spiro atoms. The highest BCUT2D eigenvalue weighted by Crippen LogP contribution is 2.50. The topological polar surface area (TPSA) is 535 Å². The first-order valence-electron chi connectivity index (χ1n) is 37.1. The quantitative estimate of drug-likeness (QED) is 0.0482. The molecule has 119 heavy (non-hydrogen) atoms. The van der Waals surface area contributed by atoms with Crippen molar-refractivity contribution in [3.8, 4) is 68.2 Å². The normalized spacial score (nSPS) is 26.9. The number of primary amides is 1. The third-order valence-electron chi connectivity index (χ3n) is 20.6. The number of aliphatic hydroxyl groups is 6. The van der Waals surface area contributed by atoms with E-state index >= 15 is 19.2 Å². The van der Waals surface area contributed by atoms with Crippen molar-refractivity contribution in [3.05, 3.63) is 176 Å². The first-order valence-corrected chi connectivity index (χ1v) is 37.9. The number of aromatic hydroxyl groups is 3. The van der Waals surface area contributed by atoms with E-state index in [1.54, 1.807) is 12.1 Å². The number of benzene rings is 7. The van der Waals surface area contributed by atoms with Gasteiger partial charge in [0, 0.05) is 29.2 Å². The Balaban J connectivity index is 1.04. The van der Waals surface area contributed by atoms with E-state index in [-0.39, 0.29) is 46.2 Å². The summed E-state index contributed by atoms with van der Waals surface area (Å²) in [6.45, 7) is 5.61. The van der Waals surface area contributed by atoms with E-state index in [1.165, 1.54) is 57.3 Å². The molecule has 2 fully saturated rings. The standard InChI is InChI=1S/C80H84Cl2F3N11O23/c1-32(2)20-47(88-5)71(107)94-62-64(102)38-13-18-51(45(81)22-38)115-53-24-40-25-54(68(53)119-78-69(67(105)66(104)55(31-97)117-78)118-57-29-79(4,87)70(106)33(3)114-57)116-52-19-14-39(23-46(52)82)65(103)63-76(112)93-61(77(113)96-89-30-34-6-8-35(9-7-34)36-10-15-41(16-11-36)80(83,84)85)44-26-42(98)27-50(100)58(44)43-21-37(12-17-49(43)99)59(73(109)95-63)92-74(110)60(40)91-72(108)48(28-56(86)101)90-75(62)111/h6-19,21-27,30,32-33,47-48,55,57,59-67,69-70,78,88,97-100,102-106H,20,28-29,31,87H2,1-5H3,(H2,86,101)(H,90,111)(H,91,108)(H,92,110)(H,93,112)(H,94,107)(H,95,109)(H,96,113)/b89-30+/t33-,47+,48-,55+,57-,59+,60+,61-,62+,63-,64+,65+,66+,67-,69+,70+,78-,79-/m0/s1. The largest absolute Gasteiger partial charge is 0.508 e. The average molecular weight is 1700 g/mol. The van der Waals surface area contributed by atoms with Crippen LogP contribution in [0.5, 0.6) is 46.0 Å². The number of nitrogens with zero attached hydrogens (tertiary/aromatic N) is 1. The van der Waals surface area contributed by atoms with Gasteiger partial charge in [-0.3, -0.25) is 38.4 Å². The number of nitrogens with one attached hydrogen (secondary N) is 8. The molecule has 0 unspecified atom stereocenters. The molecule has 632 valence electrons. The van der Waals surface area contributed by atoms with Crippen molar-refractivity contribution in [3.63, 3.8) is 0 Å². The maximum Gasteiger partial charge on any atom is 0.416 e. The summed E-state index contributed by atoms with van der Waals surface area (Å²) in [4.78, 5) is 120. The number of ether oxygens (including phenoxy) is 6. The molecule has 11 bridgehead atoms. The lowest BCUT2D eigenvalue weighted by Crippen LogP contribution is -2.64. The van der Waals surface area contributed by atoms with Gasteiger partial charge in [-0.25, -0.2) is 5.43 Å². The number of amides is 8. The van der Waals surface area contributed by atoms with Gasteiger partial charge < -0.3 is 123 Å². The van der Waals surface area contributed by atoms with Crippen molar-refractivity contribution in [2.24, 2.45) is 22.5 Å². The van der Waals surface area contributed by atoms with Crippen molar-refractivity contribution in [1.82, 2.24) is 42.6 Å². The summed E-state index contributed by atoms with van der Waals surface area (Å²) in [5.74, 6) is -15.7. The SMILES string of the molecule is CN[C@H](CC(C)C)C(=O)N[C@H]1C(=O)N[C@@H](CC(N)=O)C(=O)N[C@H]2C(=O)N[C@H]3C(=O)N[C@H](C(=O)N[C@H](C(=O)N/N=C/c4ccc(-c5ccc(C(F)(F)F)cc5)cc4)c4cc(O)cc(O)c4-c4cc3ccc4O)[C@H](O)c3ccc(c(Cl)c3)Oc3cc2cc(c3O[C@@H]2O[C@H](CO)[C@@H](O)[C@H](O)[C@H]2O[C@H]2C[C@](C)(N)[C@H](O)[C@H](C)O2)Oc2ccc(cc2Cl)[C@H]1O. The number of likely N-dealkylation sites (N-methyl/N-ethyl adjacent to an activating group) is 1. The molecule has 7 aliphatic heterocycles. The molecule has 0 radical (unpaired) electrons. The predicted molar refractivity (Wildman–Crippen MR) is 414 cm³/mol. The molecule has 7 aromatic rings. The Bertz CT molecular complexity index is 5090. The Kier molecular flexibility index (Phi) is 26.1. The first kappa shape index (κ1) is 87.0. The molecule has 7 heterocycles. The number of carbonyl (C=O) groups is 8. The molecule has 18 atom stereocenters. The molecule has 7 aliphatic rings. The van der Waals surface area contributed by atoms with Gasteiger partial charge in [-0.05, 0) is 144 Å². The number of fused-ring (bicyclic) bond motifs is 15. The van der Waals surface area contributed by atoms with Gasteiger partial charge in [-0.15, -0.1) is 0 Å². The van der Waals surface area contributed by atoms with Crippen molar-refractivity contribution in [1.29, 1.82) is 0 Å². The molecular formula is C80H84Cl2F3N11O23. The van der Waals surface area contributed by atoms with Crippen LogP contribution in [0.3, 0.4) is 0 Å². The lowest BCUT2D eigenvalue weighted by atomic mass is 9.86. The van der Waals surface area contributed by atoms with E-state index in [0.29, 0.717) is 16.7 Å². The summed E-state index contributed by atoms with van der Waals surface area (Å²) < 4.78 is 78.7. The maximum absolute atomic E-state index is 16.3. The van der Waals surface area contributed by atoms with Gasteiger partial charge in [0.2, 0.25) is 53.4 Å². The van der Waals surface area contributed by atoms with Gasteiger partial charge in [0.25, 0.3) is 5.91 Å². The van der Waals surface area contributed by atoms with Gasteiger partial charge in [0.05, 0.1) is 53.1 Å². The maximum atomic E-state index is 16.3. The number of phenolic OH excluding ortho intramolecular Hbond substituents is 3. The number of hydrogen-bond donors (Lipinski definition) is 19. The van der Waals surface area contributed by atoms with Gasteiger partial charge >= 0.3 is 6.18 Å². The van der Waals surface area contributed by atoms with E-state index in [9.17, 15) is 78.3 Å². The van der Waals surface area contributed by atoms with Gasteiger partial charge in [0.1, 0.15) is 95.5 Å². The second-order valence-corrected chi connectivity index (χ2v) is 30.6. The fourth-order valence-electron chi connectivity index (χ4n) is 14.4. The van der Waals surface area contributed by atoms with Crippen molar-refractivity contribution in [2.45, 2.75) is 162 Å². The van der Waals surface area contributed by atoms with Crippen LogP contribution < -0.4 is 68.3 Å². The van der Waals surface area contributed by atoms with E-state index in [2.05, 4.69) is 47.7 Å². The Labute approximate surface area is 685 Å². The highest BCUT2D eigenvalue weighted by molar-refractivity contribution is 6.32. The molecule has 14 rings (SSSR count). The van der Waals surface area contributed by atoms with Crippen LogP contribution >= 0.6 is 23.2 Å². The zero-order valence-electron chi connectivity index (χ0n) is 63.7. The molecule has 34 nitrogen and oxygen atoms in total. The number of alkyl halides is 3. The van der Waals surface area contributed by atoms with E-state index < -0.39 is 249 Å². The second-order valence-electron chi connectivity index (χ2n) is 29.8. The number of hydrogen-bond acceptors (Lipinski definition) is 26. The third-order valence-corrected chi connectivity index (χ3v) is 21.2. The molecule has 0 aromatic heterocycles. The van der Waals surface area contributed by atoms with Crippen molar-refractivity contribution >= 4 is 76.7 Å². The van der Waals surface area contributed by atoms with Crippen LogP contribution in [0, 0.1) is 5.92 Å². The highest BCUT2D eigenvalue weighted by Gasteiger charge is 2.52. The summed E-state index contributed by atoms with van der Waals surface area (Å²) in [5, 5.41) is 126. The minimum atomic E-state index is -4.58. The fourth-order valence-corrected chi connectivity index (χ4v) is 14.8. The molecule has 39 heteroatoms. The lowest BCUT2D eigenvalue weighted by Gasteiger charge is -2.47. The summed E-state index contributed by atoms with van der Waals surface area (Å²) >= 11 is 14.3. The zero-order chi connectivity index (χ0) is 86.1. The number of hydrazone groups is 1. The van der Waals surface area contributed by atoms with Crippen LogP contribution in [0.15, 0.2) is 132 Å². The number of rotatable bonds is 16. The van der Waals surface area contributed by atoms with Crippen LogP contribution in [-0.2, 0) is 58.7 Å². The highest BCUT2D eigenvalue weighted by atomic mass is 35.5. The Morgan fingerprint density at radius 3 is 1.88 bits per heavy atom. The van der Waals surface area contributed by atoms with E-state index in [1.807, 2.05) is 13.8 Å². The van der Waals surface area contributed by atoms with Crippen LogP contribution in [0.4, 0.5) is 13.2 Å². The van der Waals surface area contributed by atoms with Crippen LogP contribution in [-0.4, -0.2) is 192 Å². The molecule has 2 saturated heterocycles. The Morgan fingerprint density at radius 2 is 1.29 bits per heavy atom. The summed E-state index contributed by atoms with van der Waals surface area (Å²) in [6.07, 6.45) is -22.4. The smallest absolute Gasteiger partial charge is 0.416 e. The van der Waals surface area contributed by atoms with Gasteiger partial charge in [0.15, 0.2) is 23.9 Å². The second kappa shape index (κ2) is 35.7. The first-order chi connectivity index (χ1) is 56.3. The Morgan fingerprint density at radius 1 is 0.697 bits per heavy atom. The predicted octanol–water partition coefficient (Wildman–Crippen LogP) is 3.86. The molecule has 21 N–H and O–H groups in total. The van der Waals surface area contributed by atoms with Gasteiger partial charge in [-0.1, -0.05) is 91.6 Å². The molecular weight excluding hydrogens is 1610 g/mol. The third kappa shape index (κ3) is 19.2. The fraction of sp³-hybridized carbons (Fsp3) is 0.362. The summed E-state index contributed by atoms with van der Waals surface area (Å²) in [5.41, 5.74) is 10.7. The summed E-state index contributed by atoms with van der Waals surface area (Å²) in [6, 6.07) is 9.70. The monoisotopic (exact) mass is 1690 g/mol.